The monoisotopic (exact) mass is 380 g/mol. The van der Waals surface area contributed by atoms with E-state index in [-0.39, 0.29) is 11.3 Å². The van der Waals surface area contributed by atoms with E-state index < -0.39 is 11.8 Å². The lowest BCUT2D eigenvalue weighted by molar-refractivity contribution is -0.00279. The molecule has 0 heterocycles. The average molecular weight is 380 g/mol. The molecule has 4 aliphatic rings. The third-order valence-electron chi connectivity index (χ3n) is 7.07. The van der Waals surface area contributed by atoms with E-state index in [1.165, 1.54) is 56.9 Å². The molecule has 4 aliphatic carbocycles. The van der Waals surface area contributed by atoms with Crippen molar-refractivity contribution in [3.05, 3.63) is 59.4 Å². The molecule has 4 heteroatoms. The van der Waals surface area contributed by atoms with Gasteiger partial charge in [-0.15, -0.1) is 0 Å². The van der Waals surface area contributed by atoms with Crippen LogP contribution in [0.1, 0.15) is 53.9 Å². The number of halogens is 1. The molecule has 0 atom stereocenters. The molecule has 0 saturated heterocycles. The maximum absolute atomic E-state index is 14.3. The molecule has 146 valence electrons. The number of methoxy groups -OCH3 is 1. The van der Waals surface area contributed by atoms with Gasteiger partial charge >= 0.3 is 5.97 Å². The number of hydrogen-bond acceptors (Lipinski definition) is 3. The zero-order valence-electron chi connectivity index (χ0n) is 16.1. The quantitative estimate of drug-likeness (QED) is 0.615. The third-order valence-corrected chi connectivity index (χ3v) is 7.07. The Kier molecular flexibility index (Phi) is 4.37. The summed E-state index contributed by atoms with van der Waals surface area (Å²) in [6, 6.07) is 12.3. The minimum absolute atomic E-state index is 0.107. The number of carbonyl (C=O) groups excluding carboxylic acids is 1. The number of rotatable bonds is 4. The van der Waals surface area contributed by atoms with Crippen LogP contribution in [0.25, 0.3) is 0 Å². The Balaban J connectivity index is 1.31. The predicted molar refractivity (Wildman–Crippen MR) is 104 cm³/mol. The minimum atomic E-state index is -0.576. The molecule has 2 aromatic carbocycles. The fraction of sp³-hybridized carbons (Fsp3) is 0.458. The van der Waals surface area contributed by atoms with Crippen LogP contribution in [-0.2, 0) is 4.74 Å². The van der Waals surface area contributed by atoms with Crippen molar-refractivity contribution in [2.75, 3.05) is 7.11 Å². The Bertz CT molecular complexity index is 861. The topological polar surface area (TPSA) is 35.5 Å². The van der Waals surface area contributed by atoms with Crippen LogP contribution in [0.15, 0.2) is 42.5 Å². The summed E-state index contributed by atoms with van der Waals surface area (Å²) < 4.78 is 24.6. The molecular formula is C24H25FO3. The second-order valence-corrected chi connectivity index (χ2v) is 8.76. The van der Waals surface area contributed by atoms with Crippen molar-refractivity contribution in [2.24, 2.45) is 23.7 Å². The van der Waals surface area contributed by atoms with Gasteiger partial charge in [-0.1, -0.05) is 12.1 Å². The highest BCUT2D eigenvalue weighted by Crippen LogP contribution is 2.59. The largest absolute Gasteiger partial charge is 0.465 e. The van der Waals surface area contributed by atoms with E-state index in [0.29, 0.717) is 11.7 Å². The number of benzene rings is 2. The summed E-state index contributed by atoms with van der Waals surface area (Å²) in [5, 5.41) is 0. The Labute approximate surface area is 164 Å². The lowest BCUT2D eigenvalue weighted by Gasteiger charge is -2.54. The van der Waals surface area contributed by atoms with Crippen molar-refractivity contribution >= 4 is 5.97 Å². The molecule has 4 fully saturated rings. The first-order chi connectivity index (χ1) is 13.6. The van der Waals surface area contributed by atoms with Crippen LogP contribution in [0.4, 0.5) is 4.39 Å². The summed E-state index contributed by atoms with van der Waals surface area (Å²) in [7, 11) is 1.27. The van der Waals surface area contributed by atoms with Gasteiger partial charge in [-0.25, -0.2) is 9.18 Å². The molecule has 0 amide bonds. The lowest BCUT2D eigenvalue weighted by atomic mass is 9.51. The van der Waals surface area contributed by atoms with Gasteiger partial charge in [0.2, 0.25) is 0 Å². The maximum atomic E-state index is 14.3. The summed E-state index contributed by atoms with van der Waals surface area (Å²) in [6.07, 6.45) is 7.05. The Morgan fingerprint density at radius 3 is 2.14 bits per heavy atom. The highest BCUT2D eigenvalue weighted by atomic mass is 19.1. The molecule has 4 saturated carbocycles. The fourth-order valence-corrected chi connectivity index (χ4v) is 6.18. The van der Waals surface area contributed by atoms with Crippen molar-refractivity contribution in [3.8, 4) is 11.5 Å². The van der Waals surface area contributed by atoms with Crippen molar-refractivity contribution in [1.29, 1.82) is 0 Å². The van der Waals surface area contributed by atoms with Crippen molar-refractivity contribution in [1.82, 2.24) is 0 Å². The summed E-state index contributed by atoms with van der Waals surface area (Å²) in [6.45, 7) is 0. The zero-order chi connectivity index (χ0) is 19.3. The molecule has 3 nitrogen and oxygen atoms in total. The van der Waals surface area contributed by atoms with Gasteiger partial charge in [0.1, 0.15) is 5.75 Å². The molecule has 0 spiro atoms. The van der Waals surface area contributed by atoms with Gasteiger partial charge < -0.3 is 9.47 Å². The lowest BCUT2D eigenvalue weighted by Crippen LogP contribution is -2.43. The van der Waals surface area contributed by atoms with E-state index in [2.05, 4.69) is 16.9 Å². The second kappa shape index (κ2) is 6.91. The molecule has 0 unspecified atom stereocenters. The smallest absolute Gasteiger partial charge is 0.337 e. The summed E-state index contributed by atoms with van der Waals surface area (Å²) in [5.41, 5.74) is 1.58. The Morgan fingerprint density at radius 2 is 1.57 bits per heavy atom. The molecule has 0 aliphatic heterocycles. The van der Waals surface area contributed by atoms with Gasteiger partial charge in [0, 0.05) is 0 Å². The van der Waals surface area contributed by atoms with E-state index in [0.717, 1.165) is 29.7 Å². The van der Waals surface area contributed by atoms with Crippen LogP contribution in [0.5, 0.6) is 11.5 Å². The molecule has 2 aromatic rings. The van der Waals surface area contributed by atoms with E-state index in [9.17, 15) is 9.18 Å². The van der Waals surface area contributed by atoms with E-state index in [4.69, 9.17) is 4.74 Å². The van der Waals surface area contributed by atoms with Crippen LogP contribution >= 0.6 is 0 Å². The number of hydrogen-bond donors (Lipinski definition) is 0. The maximum Gasteiger partial charge on any atom is 0.337 e. The normalized spacial score (nSPS) is 30.3. The van der Waals surface area contributed by atoms with Gasteiger partial charge in [-0.3, -0.25) is 0 Å². The number of esters is 1. The summed E-state index contributed by atoms with van der Waals surface area (Å²) >= 11 is 0. The Morgan fingerprint density at radius 1 is 0.929 bits per heavy atom. The molecular weight excluding hydrogens is 355 g/mol. The summed E-state index contributed by atoms with van der Waals surface area (Å²) in [5.74, 6) is 3.87. The predicted octanol–water partition coefficient (Wildman–Crippen LogP) is 5.94. The highest BCUT2D eigenvalue weighted by Gasteiger charge is 2.48. The van der Waals surface area contributed by atoms with Crippen LogP contribution < -0.4 is 4.74 Å². The summed E-state index contributed by atoms with van der Waals surface area (Å²) in [4.78, 5) is 11.5. The second-order valence-electron chi connectivity index (χ2n) is 8.76. The van der Waals surface area contributed by atoms with Gasteiger partial charge in [-0.2, -0.15) is 0 Å². The first kappa shape index (κ1) is 17.7. The van der Waals surface area contributed by atoms with Crippen molar-refractivity contribution < 1.29 is 18.7 Å². The molecule has 0 aromatic heterocycles. The zero-order valence-corrected chi connectivity index (χ0v) is 16.1. The molecule has 28 heavy (non-hydrogen) atoms. The van der Waals surface area contributed by atoms with E-state index >= 15 is 0 Å². The van der Waals surface area contributed by atoms with Crippen molar-refractivity contribution in [3.63, 3.8) is 0 Å². The molecule has 6 rings (SSSR count). The SMILES string of the molecule is COC(=O)c1ccc(Oc2ccc(C3C4CC5CC(C4)CC3C5)cc2)c(F)c1. The van der Waals surface area contributed by atoms with Crippen LogP contribution in [0.3, 0.4) is 0 Å². The fourth-order valence-electron chi connectivity index (χ4n) is 6.18. The molecule has 0 radical (unpaired) electrons. The van der Waals surface area contributed by atoms with Gasteiger partial charge in [0.15, 0.2) is 11.6 Å². The third kappa shape index (κ3) is 3.09. The molecule has 0 N–H and O–H groups in total. The van der Waals surface area contributed by atoms with Crippen molar-refractivity contribution in [2.45, 2.75) is 38.0 Å². The van der Waals surface area contributed by atoms with Crippen LogP contribution in [0, 0.1) is 29.5 Å². The standard InChI is InChI=1S/C24H25FO3/c1-27-24(26)17-4-7-22(21(25)13-17)28-20-5-2-16(3-6-20)23-18-9-14-8-15(11-18)12-19(23)10-14/h2-7,13-15,18-19,23H,8-12H2,1H3. The average Bonchev–Trinajstić information content (AvgIpc) is 2.69. The van der Waals surface area contributed by atoms with E-state index in [1.807, 2.05) is 12.1 Å². The van der Waals surface area contributed by atoms with E-state index in [1.54, 1.807) is 0 Å². The van der Waals surface area contributed by atoms with Gasteiger partial charge in [-0.05, 0) is 97.6 Å². The first-order valence-electron chi connectivity index (χ1n) is 10.3. The number of carbonyl (C=O) groups is 1. The minimum Gasteiger partial charge on any atom is -0.465 e. The highest BCUT2D eigenvalue weighted by molar-refractivity contribution is 5.89. The van der Waals surface area contributed by atoms with Gasteiger partial charge in [0.25, 0.3) is 0 Å². The Hall–Kier alpha value is -2.36. The van der Waals surface area contributed by atoms with Crippen LogP contribution in [-0.4, -0.2) is 13.1 Å². The molecule has 4 bridgehead atoms. The van der Waals surface area contributed by atoms with Crippen LogP contribution in [0.2, 0.25) is 0 Å². The van der Waals surface area contributed by atoms with Gasteiger partial charge in [0.05, 0.1) is 12.7 Å². The first-order valence-corrected chi connectivity index (χ1v) is 10.3. The number of ether oxygens (including phenoxy) is 2.